The van der Waals surface area contributed by atoms with E-state index in [0.717, 1.165) is 34.0 Å². The fourth-order valence-electron chi connectivity index (χ4n) is 3.51. The molecule has 0 radical (unpaired) electrons. The average molecular weight is 449 g/mol. The SMILES string of the molecule is CCc1cc(Cl)ccc1[C@@H]1COC(N)=N1.CCc1cc(Cl)ccc1[C@H]1COC(N)=N1. The number of aryl methyl sites for hydroxylation is 2. The van der Waals surface area contributed by atoms with E-state index < -0.39 is 0 Å². The van der Waals surface area contributed by atoms with Crippen LogP contribution < -0.4 is 11.5 Å². The highest BCUT2D eigenvalue weighted by molar-refractivity contribution is 6.30. The van der Waals surface area contributed by atoms with Crippen molar-refractivity contribution in [3.05, 3.63) is 68.7 Å². The second-order valence-electron chi connectivity index (χ2n) is 6.98. The fourth-order valence-corrected chi connectivity index (χ4v) is 3.90. The molecular formula is C22H26Cl2N4O2. The lowest BCUT2D eigenvalue weighted by atomic mass is 10.00. The molecule has 2 heterocycles. The summed E-state index contributed by atoms with van der Waals surface area (Å²) in [4.78, 5) is 8.45. The Kier molecular flexibility index (Phi) is 7.45. The minimum atomic E-state index is 0.0252. The lowest BCUT2D eigenvalue weighted by molar-refractivity contribution is 0.314. The zero-order valence-electron chi connectivity index (χ0n) is 17.1. The van der Waals surface area contributed by atoms with Crippen LogP contribution >= 0.6 is 23.2 Å². The molecule has 2 aromatic carbocycles. The van der Waals surface area contributed by atoms with E-state index in [9.17, 15) is 0 Å². The predicted molar refractivity (Wildman–Crippen MR) is 122 cm³/mol. The highest BCUT2D eigenvalue weighted by atomic mass is 35.5. The zero-order valence-corrected chi connectivity index (χ0v) is 18.6. The van der Waals surface area contributed by atoms with Gasteiger partial charge in [-0.2, -0.15) is 0 Å². The zero-order chi connectivity index (χ0) is 21.7. The van der Waals surface area contributed by atoms with Crippen molar-refractivity contribution >= 4 is 35.2 Å². The number of hydrogen-bond acceptors (Lipinski definition) is 6. The Hall–Kier alpha value is -2.44. The third-order valence-electron chi connectivity index (χ3n) is 5.03. The maximum atomic E-state index is 5.94. The van der Waals surface area contributed by atoms with E-state index in [0.29, 0.717) is 13.2 Å². The van der Waals surface area contributed by atoms with Gasteiger partial charge in [-0.15, -0.1) is 0 Å². The molecule has 0 fully saturated rings. The van der Waals surface area contributed by atoms with Crippen LogP contribution in [-0.2, 0) is 22.3 Å². The summed E-state index contributed by atoms with van der Waals surface area (Å²) in [5.74, 6) is 0. The maximum absolute atomic E-state index is 5.94. The van der Waals surface area contributed by atoms with Gasteiger partial charge in [0, 0.05) is 10.0 Å². The lowest BCUT2D eigenvalue weighted by Crippen LogP contribution is -2.10. The molecule has 160 valence electrons. The molecule has 2 atom stereocenters. The summed E-state index contributed by atoms with van der Waals surface area (Å²) in [6.45, 7) is 5.25. The minimum absolute atomic E-state index is 0.0252. The topological polar surface area (TPSA) is 95.2 Å². The van der Waals surface area contributed by atoms with E-state index in [4.69, 9.17) is 44.1 Å². The first kappa shape index (κ1) is 22.2. The summed E-state index contributed by atoms with van der Waals surface area (Å²) >= 11 is 11.9. The van der Waals surface area contributed by atoms with Crippen LogP contribution in [0.2, 0.25) is 10.0 Å². The molecule has 0 saturated heterocycles. The van der Waals surface area contributed by atoms with Gasteiger partial charge in [0.05, 0.1) is 0 Å². The van der Waals surface area contributed by atoms with Crippen LogP contribution in [0.25, 0.3) is 0 Å². The molecule has 0 amide bonds. The molecule has 0 spiro atoms. The van der Waals surface area contributed by atoms with Crippen molar-refractivity contribution in [3.63, 3.8) is 0 Å². The monoisotopic (exact) mass is 448 g/mol. The predicted octanol–water partition coefficient (Wildman–Crippen LogP) is 4.58. The number of nitrogens with two attached hydrogens (primary N) is 2. The number of nitrogens with zero attached hydrogens (tertiary/aromatic N) is 2. The summed E-state index contributed by atoms with van der Waals surface area (Å²) in [5, 5.41) is 1.51. The van der Waals surface area contributed by atoms with Crippen LogP contribution in [0.5, 0.6) is 0 Å². The Morgan fingerprint density at radius 2 is 1.20 bits per heavy atom. The smallest absolute Gasteiger partial charge is 0.282 e. The van der Waals surface area contributed by atoms with E-state index in [1.807, 2.05) is 36.4 Å². The normalized spacial score (nSPS) is 19.9. The van der Waals surface area contributed by atoms with Crippen LogP contribution in [0.1, 0.15) is 48.2 Å². The standard InChI is InChI=1S/2C11H13ClN2O/c2*1-2-7-5-8(12)3-4-9(7)10-6-15-11(13)14-10/h2*3-5,10H,2,6H2,1H3,(H2,13,14)/t2*10-/m10/s1. The van der Waals surface area contributed by atoms with Crippen LogP contribution in [0, 0.1) is 0 Å². The van der Waals surface area contributed by atoms with Gasteiger partial charge in [0.15, 0.2) is 0 Å². The van der Waals surface area contributed by atoms with Gasteiger partial charge >= 0.3 is 0 Å². The van der Waals surface area contributed by atoms with Gasteiger partial charge in [0.25, 0.3) is 12.0 Å². The molecule has 0 aromatic heterocycles. The van der Waals surface area contributed by atoms with Crippen molar-refractivity contribution < 1.29 is 9.47 Å². The first-order valence-corrected chi connectivity index (χ1v) is 10.7. The first-order valence-electron chi connectivity index (χ1n) is 9.90. The first-order chi connectivity index (χ1) is 14.4. The molecule has 6 nitrogen and oxygen atoms in total. The Balaban J connectivity index is 0.000000171. The van der Waals surface area contributed by atoms with Crippen LogP contribution in [0.15, 0.2) is 46.4 Å². The Labute approximate surface area is 186 Å². The highest BCUT2D eigenvalue weighted by Crippen LogP contribution is 2.29. The third kappa shape index (κ3) is 5.37. The number of hydrogen-bond donors (Lipinski definition) is 2. The molecule has 4 N–H and O–H groups in total. The highest BCUT2D eigenvalue weighted by Gasteiger charge is 2.21. The van der Waals surface area contributed by atoms with Crippen LogP contribution in [0.4, 0.5) is 0 Å². The van der Waals surface area contributed by atoms with Crippen molar-refractivity contribution in [1.82, 2.24) is 0 Å². The molecule has 0 saturated carbocycles. The van der Waals surface area contributed by atoms with Gasteiger partial charge in [-0.25, -0.2) is 9.98 Å². The van der Waals surface area contributed by atoms with Crippen molar-refractivity contribution in [1.29, 1.82) is 0 Å². The van der Waals surface area contributed by atoms with Crippen LogP contribution in [-0.4, -0.2) is 25.3 Å². The van der Waals surface area contributed by atoms with Crippen molar-refractivity contribution in [2.75, 3.05) is 13.2 Å². The molecule has 0 unspecified atom stereocenters. The Morgan fingerprint density at radius 3 is 1.50 bits per heavy atom. The van der Waals surface area contributed by atoms with Gasteiger partial charge < -0.3 is 20.9 Å². The molecule has 2 aliphatic heterocycles. The largest absolute Gasteiger partial charge is 0.463 e. The second kappa shape index (κ2) is 10.0. The summed E-state index contributed by atoms with van der Waals surface area (Å²) in [6, 6.07) is 12.3. The Morgan fingerprint density at radius 1 is 0.800 bits per heavy atom. The van der Waals surface area contributed by atoms with E-state index >= 15 is 0 Å². The second-order valence-corrected chi connectivity index (χ2v) is 7.85. The van der Waals surface area contributed by atoms with Gasteiger partial charge in [-0.05, 0) is 59.4 Å². The average Bonchev–Trinajstić information content (AvgIpc) is 3.36. The number of aliphatic imine (C=N–C) groups is 2. The quantitative estimate of drug-likeness (QED) is 0.715. The van der Waals surface area contributed by atoms with Crippen molar-refractivity contribution in [2.24, 2.45) is 21.5 Å². The van der Waals surface area contributed by atoms with Crippen LogP contribution in [0.3, 0.4) is 0 Å². The number of halogens is 2. The van der Waals surface area contributed by atoms with Crippen molar-refractivity contribution in [2.45, 2.75) is 38.8 Å². The molecule has 8 heteroatoms. The maximum Gasteiger partial charge on any atom is 0.282 e. The van der Waals surface area contributed by atoms with Gasteiger partial charge in [0.2, 0.25) is 0 Å². The summed E-state index contributed by atoms with van der Waals surface area (Å²) < 4.78 is 10.3. The van der Waals surface area contributed by atoms with Gasteiger partial charge in [-0.1, -0.05) is 49.2 Å². The number of benzene rings is 2. The molecule has 2 aliphatic rings. The number of rotatable bonds is 4. The van der Waals surface area contributed by atoms with Gasteiger partial charge in [0.1, 0.15) is 25.3 Å². The number of amidine groups is 2. The van der Waals surface area contributed by atoms with E-state index in [2.05, 4.69) is 23.8 Å². The molecule has 0 bridgehead atoms. The van der Waals surface area contributed by atoms with E-state index in [1.165, 1.54) is 11.1 Å². The summed E-state index contributed by atoms with van der Waals surface area (Å²) in [6.07, 6.45) is 1.86. The van der Waals surface area contributed by atoms with Gasteiger partial charge in [-0.3, -0.25) is 0 Å². The molecule has 30 heavy (non-hydrogen) atoms. The van der Waals surface area contributed by atoms with Crippen molar-refractivity contribution in [3.8, 4) is 0 Å². The number of ether oxygens (including phenoxy) is 2. The minimum Gasteiger partial charge on any atom is -0.463 e. The summed E-state index contributed by atoms with van der Waals surface area (Å²) in [7, 11) is 0. The molecule has 0 aliphatic carbocycles. The molecule has 4 rings (SSSR count). The Bertz CT molecular complexity index is 885. The van der Waals surface area contributed by atoms with E-state index in [-0.39, 0.29) is 24.1 Å². The fraction of sp³-hybridized carbons (Fsp3) is 0.364. The van der Waals surface area contributed by atoms with E-state index in [1.54, 1.807) is 0 Å². The molecular weight excluding hydrogens is 423 g/mol. The lowest BCUT2D eigenvalue weighted by Gasteiger charge is -2.11. The third-order valence-corrected chi connectivity index (χ3v) is 5.50. The molecule has 2 aromatic rings. The summed E-state index contributed by atoms with van der Waals surface area (Å²) in [5.41, 5.74) is 15.7.